The van der Waals surface area contributed by atoms with E-state index in [1.807, 2.05) is 36.4 Å². The van der Waals surface area contributed by atoms with Gasteiger partial charge in [-0.3, -0.25) is 0 Å². The van der Waals surface area contributed by atoms with Gasteiger partial charge >= 0.3 is 6.03 Å². The number of benzene rings is 2. The Kier molecular flexibility index (Phi) is 7.26. The SMILES string of the molecule is COCCc1nc2c(N)nc3ccccc3c2n1CCCCNC(=O)Nc1ccccc1Cl. The Bertz CT molecular complexity index is 1270. The lowest BCUT2D eigenvalue weighted by Crippen LogP contribution is -2.29. The van der Waals surface area contributed by atoms with Crippen molar-refractivity contribution in [3.05, 3.63) is 59.4 Å². The maximum absolute atomic E-state index is 12.2. The molecular formula is C24H27ClN6O2. The van der Waals surface area contributed by atoms with Gasteiger partial charge in [0.25, 0.3) is 0 Å². The minimum atomic E-state index is -0.276. The van der Waals surface area contributed by atoms with Gasteiger partial charge < -0.3 is 25.7 Å². The van der Waals surface area contributed by atoms with E-state index in [4.69, 9.17) is 27.1 Å². The number of nitrogen functional groups attached to an aromatic ring is 1. The summed E-state index contributed by atoms with van der Waals surface area (Å²) in [6.07, 6.45) is 2.34. The maximum Gasteiger partial charge on any atom is 0.319 e. The van der Waals surface area contributed by atoms with Gasteiger partial charge in [-0.05, 0) is 31.0 Å². The third kappa shape index (κ3) is 5.18. The van der Waals surface area contributed by atoms with Crippen molar-refractivity contribution in [1.29, 1.82) is 0 Å². The number of anilines is 2. The van der Waals surface area contributed by atoms with Crippen molar-refractivity contribution in [3.8, 4) is 0 Å². The molecule has 2 aromatic heterocycles. The number of nitrogens with one attached hydrogen (secondary N) is 2. The van der Waals surface area contributed by atoms with Crippen molar-refractivity contribution in [1.82, 2.24) is 19.9 Å². The van der Waals surface area contributed by atoms with E-state index in [0.717, 1.165) is 47.1 Å². The van der Waals surface area contributed by atoms with Gasteiger partial charge in [-0.15, -0.1) is 0 Å². The van der Waals surface area contributed by atoms with Gasteiger partial charge in [-0.1, -0.05) is 41.9 Å². The number of amides is 2. The zero-order chi connectivity index (χ0) is 23.2. The molecule has 4 rings (SSSR count). The van der Waals surface area contributed by atoms with Gasteiger partial charge in [0, 0.05) is 32.0 Å². The zero-order valence-corrected chi connectivity index (χ0v) is 19.2. The number of aromatic nitrogens is 3. The van der Waals surface area contributed by atoms with Crippen molar-refractivity contribution < 1.29 is 9.53 Å². The first-order chi connectivity index (χ1) is 16.1. The molecule has 4 N–H and O–H groups in total. The highest BCUT2D eigenvalue weighted by atomic mass is 35.5. The highest BCUT2D eigenvalue weighted by Gasteiger charge is 2.17. The Hall–Kier alpha value is -3.36. The lowest BCUT2D eigenvalue weighted by atomic mass is 10.2. The summed E-state index contributed by atoms with van der Waals surface area (Å²) in [5.74, 6) is 1.35. The lowest BCUT2D eigenvalue weighted by molar-refractivity contribution is 0.199. The second kappa shape index (κ2) is 10.5. The fourth-order valence-corrected chi connectivity index (χ4v) is 4.04. The monoisotopic (exact) mass is 466 g/mol. The number of ether oxygens (including phenoxy) is 1. The largest absolute Gasteiger partial charge is 0.384 e. The molecular weight excluding hydrogens is 440 g/mol. The van der Waals surface area contributed by atoms with Gasteiger partial charge in [0.1, 0.15) is 11.3 Å². The first-order valence-corrected chi connectivity index (χ1v) is 11.3. The Morgan fingerprint density at radius 1 is 1.12 bits per heavy atom. The molecule has 0 aliphatic heterocycles. The number of rotatable bonds is 9. The Morgan fingerprint density at radius 2 is 1.91 bits per heavy atom. The number of imidazole rings is 1. The molecule has 2 amide bonds. The van der Waals surface area contributed by atoms with Gasteiger partial charge in [0.2, 0.25) is 0 Å². The quantitative estimate of drug-likeness (QED) is 0.312. The minimum Gasteiger partial charge on any atom is -0.384 e. The molecule has 4 aromatic rings. The van der Waals surface area contributed by atoms with Gasteiger partial charge in [0.05, 0.1) is 28.4 Å². The molecule has 0 spiro atoms. The summed E-state index contributed by atoms with van der Waals surface area (Å²) in [7, 11) is 1.68. The number of pyridine rings is 1. The summed E-state index contributed by atoms with van der Waals surface area (Å²) in [4.78, 5) is 21.5. The number of para-hydroxylation sites is 2. The van der Waals surface area contributed by atoms with Crippen LogP contribution in [0.3, 0.4) is 0 Å². The van der Waals surface area contributed by atoms with Gasteiger partial charge in [0.15, 0.2) is 5.82 Å². The number of hydrogen-bond donors (Lipinski definition) is 3. The van der Waals surface area contributed by atoms with Crippen molar-refractivity contribution in [2.75, 3.05) is 31.3 Å². The molecule has 2 heterocycles. The molecule has 0 saturated heterocycles. The first kappa shape index (κ1) is 22.8. The topological polar surface area (TPSA) is 107 Å². The van der Waals surface area contributed by atoms with Crippen LogP contribution in [0.1, 0.15) is 18.7 Å². The molecule has 0 unspecified atom stereocenters. The average Bonchev–Trinajstić information content (AvgIpc) is 3.18. The number of aryl methyl sites for hydroxylation is 1. The predicted octanol–water partition coefficient (Wildman–Crippen LogP) is 4.61. The van der Waals surface area contributed by atoms with Crippen LogP contribution in [0.2, 0.25) is 5.02 Å². The number of methoxy groups -OCH3 is 1. The Labute approximate surface area is 197 Å². The van der Waals surface area contributed by atoms with Crippen LogP contribution in [-0.4, -0.2) is 40.8 Å². The number of unbranched alkanes of at least 4 members (excludes halogenated alkanes) is 1. The molecule has 0 radical (unpaired) electrons. The van der Waals surface area contributed by atoms with E-state index < -0.39 is 0 Å². The molecule has 8 nitrogen and oxygen atoms in total. The Morgan fingerprint density at radius 3 is 2.73 bits per heavy atom. The molecule has 0 atom stereocenters. The zero-order valence-electron chi connectivity index (χ0n) is 18.5. The standard InChI is InChI=1S/C24H27ClN6O2/c1-33-15-12-20-30-21-22(16-8-2-4-10-18(16)28-23(21)26)31(20)14-7-6-13-27-24(32)29-19-11-5-3-9-17(19)25/h2-5,8-11H,6-7,12-15H2,1H3,(H2,26,28)(H2,27,29,32). The minimum absolute atomic E-state index is 0.276. The fraction of sp³-hybridized carbons (Fsp3) is 0.292. The van der Waals surface area contributed by atoms with Gasteiger partial charge in [-0.25, -0.2) is 14.8 Å². The van der Waals surface area contributed by atoms with Crippen LogP contribution in [0.25, 0.3) is 21.9 Å². The van der Waals surface area contributed by atoms with Gasteiger partial charge in [-0.2, -0.15) is 0 Å². The highest BCUT2D eigenvalue weighted by molar-refractivity contribution is 6.33. The molecule has 0 bridgehead atoms. The van der Waals surface area contributed by atoms with E-state index in [9.17, 15) is 4.79 Å². The third-order valence-electron chi connectivity index (χ3n) is 5.44. The summed E-state index contributed by atoms with van der Waals surface area (Å²) >= 11 is 6.09. The number of carbonyl (C=O) groups is 1. The number of nitrogens with two attached hydrogens (primary N) is 1. The molecule has 33 heavy (non-hydrogen) atoms. The van der Waals surface area contributed by atoms with Crippen molar-refractivity contribution in [3.63, 3.8) is 0 Å². The summed E-state index contributed by atoms with van der Waals surface area (Å²) < 4.78 is 7.48. The van der Waals surface area contributed by atoms with E-state index in [0.29, 0.717) is 36.1 Å². The molecule has 0 saturated carbocycles. The highest BCUT2D eigenvalue weighted by Crippen LogP contribution is 2.29. The van der Waals surface area contributed by atoms with Crippen LogP contribution in [0.15, 0.2) is 48.5 Å². The summed E-state index contributed by atoms with van der Waals surface area (Å²) in [6.45, 7) is 1.86. The average molecular weight is 467 g/mol. The lowest BCUT2D eigenvalue weighted by Gasteiger charge is -2.12. The maximum atomic E-state index is 12.2. The van der Waals surface area contributed by atoms with Crippen LogP contribution in [-0.2, 0) is 17.7 Å². The summed E-state index contributed by atoms with van der Waals surface area (Å²) in [6, 6.07) is 14.8. The van der Waals surface area contributed by atoms with Crippen LogP contribution in [0.4, 0.5) is 16.3 Å². The molecule has 0 aliphatic carbocycles. The van der Waals surface area contributed by atoms with E-state index in [1.54, 1.807) is 19.2 Å². The smallest absolute Gasteiger partial charge is 0.319 e. The number of urea groups is 1. The predicted molar refractivity (Wildman–Crippen MR) is 133 cm³/mol. The molecule has 2 aromatic carbocycles. The van der Waals surface area contributed by atoms with Crippen LogP contribution in [0, 0.1) is 0 Å². The Balaban J connectivity index is 1.44. The van der Waals surface area contributed by atoms with Crippen molar-refractivity contribution >= 4 is 51.1 Å². The summed E-state index contributed by atoms with van der Waals surface area (Å²) in [5, 5.41) is 7.17. The van der Waals surface area contributed by atoms with Crippen molar-refractivity contribution in [2.24, 2.45) is 0 Å². The van der Waals surface area contributed by atoms with Crippen LogP contribution >= 0.6 is 11.6 Å². The fourth-order valence-electron chi connectivity index (χ4n) is 3.86. The van der Waals surface area contributed by atoms with E-state index in [1.165, 1.54) is 0 Å². The first-order valence-electron chi connectivity index (χ1n) is 10.9. The normalized spacial score (nSPS) is 11.2. The molecule has 172 valence electrons. The molecule has 0 fully saturated rings. The second-order valence-electron chi connectivity index (χ2n) is 7.70. The second-order valence-corrected chi connectivity index (χ2v) is 8.11. The number of nitrogens with zero attached hydrogens (tertiary/aromatic N) is 3. The number of fused-ring (bicyclic) bond motifs is 3. The van der Waals surface area contributed by atoms with E-state index in [2.05, 4.69) is 20.2 Å². The number of carbonyl (C=O) groups excluding carboxylic acids is 1. The van der Waals surface area contributed by atoms with Crippen LogP contribution in [0.5, 0.6) is 0 Å². The van der Waals surface area contributed by atoms with Crippen LogP contribution < -0.4 is 16.4 Å². The van der Waals surface area contributed by atoms with Crippen molar-refractivity contribution in [2.45, 2.75) is 25.8 Å². The number of hydrogen-bond acceptors (Lipinski definition) is 5. The molecule has 9 heteroatoms. The number of halogens is 1. The van der Waals surface area contributed by atoms with E-state index >= 15 is 0 Å². The van der Waals surface area contributed by atoms with E-state index in [-0.39, 0.29) is 6.03 Å². The summed E-state index contributed by atoms with van der Waals surface area (Å²) in [5.41, 5.74) is 9.38. The third-order valence-corrected chi connectivity index (χ3v) is 5.76. The molecule has 0 aliphatic rings.